The average molecular weight is 315 g/mol. The van der Waals surface area contributed by atoms with Crippen LogP contribution in [-0.2, 0) is 11.2 Å². The lowest BCUT2D eigenvalue weighted by Crippen LogP contribution is -2.48. The molecule has 0 radical (unpaired) electrons. The molecule has 0 spiro atoms. The van der Waals surface area contributed by atoms with Gasteiger partial charge in [0.25, 0.3) is 0 Å². The summed E-state index contributed by atoms with van der Waals surface area (Å²) in [6.45, 7) is -0.383. The zero-order valence-electron chi connectivity index (χ0n) is 10.4. The number of halogens is 6. The van der Waals surface area contributed by atoms with Crippen LogP contribution in [0.5, 0.6) is 5.75 Å². The number of carbonyl (C=O) groups is 1. The molecule has 9 heteroatoms. The predicted octanol–water partition coefficient (Wildman–Crippen LogP) is 2.79. The standard InChI is InChI=1S/C12H11F6NO2/c13-11(14,15)9(12(16,17)18)10(21)19-6-5-7-1-3-8(20)4-2-7/h1-4,9,20H,5-6H2,(H,19,21). The van der Waals surface area contributed by atoms with Crippen LogP contribution in [0, 0.1) is 5.92 Å². The van der Waals surface area contributed by atoms with E-state index in [2.05, 4.69) is 0 Å². The number of aromatic hydroxyl groups is 1. The molecule has 1 aromatic carbocycles. The van der Waals surface area contributed by atoms with Crippen LogP contribution in [0.4, 0.5) is 26.3 Å². The van der Waals surface area contributed by atoms with Crippen molar-refractivity contribution < 1.29 is 36.2 Å². The quantitative estimate of drug-likeness (QED) is 0.840. The second kappa shape index (κ2) is 6.23. The van der Waals surface area contributed by atoms with Gasteiger partial charge in [0.1, 0.15) is 5.75 Å². The lowest BCUT2D eigenvalue weighted by molar-refractivity contribution is -0.274. The normalized spacial score (nSPS) is 12.5. The lowest BCUT2D eigenvalue weighted by atomic mass is 10.1. The van der Waals surface area contributed by atoms with E-state index in [4.69, 9.17) is 5.11 Å². The van der Waals surface area contributed by atoms with Crippen LogP contribution < -0.4 is 5.32 Å². The molecule has 0 fully saturated rings. The monoisotopic (exact) mass is 315 g/mol. The molecular formula is C12H11F6NO2. The molecule has 0 aromatic heterocycles. The minimum atomic E-state index is -5.69. The summed E-state index contributed by atoms with van der Waals surface area (Å²) in [6.07, 6.45) is -11.4. The van der Waals surface area contributed by atoms with E-state index in [1.165, 1.54) is 24.3 Å². The highest BCUT2D eigenvalue weighted by atomic mass is 19.4. The molecule has 0 unspecified atom stereocenters. The summed E-state index contributed by atoms with van der Waals surface area (Å²) < 4.78 is 73.5. The van der Waals surface area contributed by atoms with Crippen LogP contribution in [0.25, 0.3) is 0 Å². The van der Waals surface area contributed by atoms with Gasteiger partial charge in [-0.15, -0.1) is 0 Å². The maximum absolute atomic E-state index is 12.3. The van der Waals surface area contributed by atoms with E-state index in [-0.39, 0.29) is 18.7 Å². The van der Waals surface area contributed by atoms with Gasteiger partial charge in [-0.1, -0.05) is 12.1 Å². The van der Waals surface area contributed by atoms with Crippen LogP contribution in [0.15, 0.2) is 24.3 Å². The van der Waals surface area contributed by atoms with Gasteiger partial charge in [-0.2, -0.15) is 26.3 Å². The number of benzene rings is 1. The third-order valence-electron chi connectivity index (χ3n) is 2.57. The van der Waals surface area contributed by atoms with Gasteiger partial charge >= 0.3 is 12.4 Å². The van der Waals surface area contributed by atoms with Gasteiger partial charge in [-0.3, -0.25) is 4.79 Å². The predicted molar refractivity (Wildman–Crippen MR) is 60.4 cm³/mol. The first-order valence-corrected chi connectivity index (χ1v) is 5.71. The highest BCUT2D eigenvalue weighted by Gasteiger charge is 2.60. The number of nitrogens with one attached hydrogen (secondary N) is 1. The zero-order valence-corrected chi connectivity index (χ0v) is 10.4. The molecule has 0 bridgehead atoms. The number of rotatable bonds is 4. The molecule has 3 nitrogen and oxygen atoms in total. The minimum absolute atomic E-state index is 0.0306. The number of amides is 1. The molecule has 0 saturated carbocycles. The first-order chi connectivity index (χ1) is 9.51. The Bertz CT molecular complexity index is 466. The molecule has 0 heterocycles. The topological polar surface area (TPSA) is 49.3 Å². The van der Waals surface area contributed by atoms with Crippen molar-refractivity contribution in [2.75, 3.05) is 6.54 Å². The van der Waals surface area contributed by atoms with E-state index in [0.717, 1.165) is 0 Å². The first-order valence-electron chi connectivity index (χ1n) is 5.71. The van der Waals surface area contributed by atoms with Gasteiger partial charge in [-0.05, 0) is 24.1 Å². The van der Waals surface area contributed by atoms with Gasteiger partial charge in [0.2, 0.25) is 11.8 Å². The first kappa shape index (κ1) is 17.1. The molecule has 2 N–H and O–H groups in total. The van der Waals surface area contributed by atoms with Crippen molar-refractivity contribution in [1.29, 1.82) is 0 Å². The van der Waals surface area contributed by atoms with Crippen LogP contribution in [0.3, 0.4) is 0 Å². The third kappa shape index (κ3) is 5.16. The fourth-order valence-corrected chi connectivity index (χ4v) is 1.58. The molecule has 0 aliphatic carbocycles. The largest absolute Gasteiger partial charge is 0.508 e. The molecule has 1 rings (SSSR count). The van der Waals surface area contributed by atoms with Gasteiger partial charge in [0.05, 0.1) is 0 Å². The molecule has 118 valence electrons. The van der Waals surface area contributed by atoms with Crippen LogP contribution in [0.1, 0.15) is 5.56 Å². The number of carbonyl (C=O) groups excluding carboxylic acids is 1. The van der Waals surface area contributed by atoms with Gasteiger partial charge in [0.15, 0.2) is 0 Å². The Kier molecular flexibility index (Phi) is 5.08. The summed E-state index contributed by atoms with van der Waals surface area (Å²) in [5, 5.41) is 10.6. The fourth-order valence-electron chi connectivity index (χ4n) is 1.58. The zero-order chi connectivity index (χ0) is 16.3. The Morgan fingerprint density at radius 2 is 1.52 bits per heavy atom. The third-order valence-corrected chi connectivity index (χ3v) is 2.57. The molecule has 0 atom stereocenters. The second-order valence-corrected chi connectivity index (χ2v) is 4.22. The summed E-state index contributed by atoms with van der Waals surface area (Å²) in [6, 6.07) is 5.50. The van der Waals surface area contributed by atoms with Crippen molar-refractivity contribution >= 4 is 5.91 Å². The summed E-state index contributed by atoms with van der Waals surface area (Å²) in [7, 11) is 0. The number of phenolic OH excluding ortho intramolecular Hbond substituents is 1. The lowest BCUT2D eigenvalue weighted by Gasteiger charge is -2.22. The smallest absolute Gasteiger partial charge is 0.409 e. The Morgan fingerprint density at radius 1 is 1.05 bits per heavy atom. The van der Waals surface area contributed by atoms with Crippen molar-refractivity contribution in [2.45, 2.75) is 18.8 Å². The summed E-state index contributed by atoms with van der Waals surface area (Å²) in [5.74, 6) is -6.20. The molecule has 1 amide bonds. The van der Waals surface area contributed by atoms with E-state index in [1.54, 1.807) is 5.32 Å². The van der Waals surface area contributed by atoms with Crippen LogP contribution >= 0.6 is 0 Å². The van der Waals surface area contributed by atoms with E-state index in [1.807, 2.05) is 0 Å². The van der Waals surface area contributed by atoms with Crippen molar-refractivity contribution in [2.24, 2.45) is 5.92 Å². The average Bonchev–Trinajstić information content (AvgIpc) is 2.27. The fraction of sp³-hybridized carbons (Fsp3) is 0.417. The molecule has 1 aromatic rings. The van der Waals surface area contributed by atoms with E-state index >= 15 is 0 Å². The van der Waals surface area contributed by atoms with Crippen LogP contribution in [-0.4, -0.2) is 29.9 Å². The molecule has 21 heavy (non-hydrogen) atoms. The Labute approximate surface area is 115 Å². The molecule has 0 aliphatic heterocycles. The summed E-state index contributed by atoms with van der Waals surface area (Å²) >= 11 is 0. The maximum Gasteiger partial charge on any atom is 0.409 e. The van der Waals surface area contributed by atoms with Crippen LogP contribution in [0.2, 0.25) is 0 Å². The maximum atomic E-state index is 12.3. The second-order valence-electron chi connectivity index (χ2n) is 4.22. The Balaban J connectivity index is 2.61. The van der Waals surface area contributed by atoms with Gasteiger partial charge in [0, 0.05) is 6.54 Å². The number of hydrogen-bond donors (Lipinski definition) is 2. The number of alkyl halides is 6. The number of hydrogen-bond acceptors (Lipinski definition) is 2. The summed E-state index contributed by atoms with van der Waals surface area (Å²) in [4.78, 5) is 11.1. The van der Waals surface area contributed by atoms with E-state index in [9.17, 15) is 31.1 Å². The SMILES string of the molecule is O=C(NCCc1ccc(O)cc1)C(C(F)(F)F)C(F)(F)F. The molecular weight excluding hydrogens is 304 g/mol. The minimum Gasteiger partial charge on any atom is -0.508 e. The van der Waals surface area contributed by atoms with E-state index in [0.29, 0.717) is 5.56 Å². The van der Waals surface area contributed by atoms with Crippen molar-refractivity contribution in [3.05, 3.63) is 29.8 Å². The van der Waals surface area contributed by atoms with Gasteiger partial charge < -0.3 is 10.4 Å². The van der Waals surface area contributed by atoms with Crippen molar-refractivity contribution in [1.82, 2.24) is 5.32 Å². The van der Waals surface area contributed by atoms with Crippen molar-refractivity contribution in [3.8, 4) is 5.75 Å². The van der Waals surface area contributed by atoms with Crippen molar-refractivity contribution in [3.63, 3.8) is 0 Å². The highest BCUT2D eigenvalue weighted by Crippen LogP contribution is 2.39. The molecule has 0 saturated heterocycles. The van der Waals surface area contributed by atoms with E-state index < -0.39 is 24.2 Å². The number of phenols is 1. The summed E-state index contributed by atoms with van der Waals surface area (Å²) in [5.41, 5.74) is 0.545. The Hall–Kier alpha value is -1.93. The molecule has 0 aliphatic rings. The Morgan fingerprint density at radius 3 is 1.95 bits per heavy atom. The highest BCUT2D eigenvalue weighted by molar-refractivity contribution is 5.80. The van der Waals surface area contributed by atoms with Gasteiger partial charge in [-0.25, -0.2) is 0 Å².